The van der Waals surface area contributed by atoms with E-state index in [0.717, 1.165) is 0 Å². The highest BCUT2D eigenvalue weighted by Gasteiger charge is 2.23. The lowest BCUT2D eigenvalue weighted by molar-refractivity contribution is -0.115. The van der Waals surface area contributed by atoms with Crippen molar-refractivity contribution in [3.63, 3.8) is 0 Å². The molecule has 0 unspecified atom stereocenters. The maximum absolute atomic E-state index is 11.9. The number of thioether (sulfide) groups is 1. The second-order valence-electron chi connectivity index (χ2n) is 4.47. The summed E-state index contributed by atoms with van der Waals surface area (Å²) in [6, 6.07) is 8.61. The Kier molecular flexibility index (Phi) is 4.91. The molecular formula is C16H10Cl2N2O2S. The van der Waals surface area contributed by atoms with Crippen LogP contribution in [0.4, 0.5) is 5.69 Å². The number of nitrogens with one attached hydrogen (secondary N) is 1. The first-order valence-electron chi connectivity index (χ1n) is 6.56. The first kappa shape index (κ1) is 15.9. The van der Waals surface area contributed by atoms with Crippen LogP contribution >= 0.6 is 35.0 Å². The number of amides is 1. The Morgan fingerprint density at radius 3 is 2.87 bits per heavy atom. The predicted octanol–water partition coefficient (Wildman–Crippen LogP) is 5.03. The van der Waals surface area contributed by atoms with Gasteiger partial charge >= 0.3 is 0 Å². The molecule has 1 aliphatic heterocycles. The van der Waals surface area contributed by atoms with E-state index in [0.29, 0.717) is 31.6 Å². The van der Waals surface area contributed by atoms with Crippen LogP contribution in [-0.4, -0.2) is 11.1 Å². The molecule has 1 N–H and O–H groups in total. The molecule has 1 aromatic heterocycles. The van der Waals surface area contributed by atoms with Crippen LogP contribution in [0.1, 0.15) is 5.76 Å². The van der Waals surface area contributed by atoms with Crippen LogP contribution < -0.4 is 5.32 Å². The molecule has 0 radical (unpaired) electrons. The molecule has 2 aromatic rings. The lowest BCUT2D eigenvalue weighted by Gasteiger charge is -1.99. The fraction of sp³-hybridized carbons (Fsp3) is 0. The van der Waals surface area contributed by atoms with Crippen molar-refractivity contribution >= 4 is 57.8 Å². The van der Waals surface area contributed by atoms with Crippen molar-refractivity contribution in [2.24, 2.45) is 4.99 Å². The summed E-state index contributed by atoms with van der Waals surface area (Å²) in [5.41, 5.74) is 0.547. The van der Waals surface area contributed by atoms with Crippen molar-refractivity contribution in [2.45, 2.75) is 0 Å². The third-order valence-electron chi connectivity index (χ3n) is 2.83. The number of nitrogens with zero attached hydrogens (tertiary/aromatic N) is 1. The zero-order valence-electron chi connectivity index (χ0n) is 11.6. The van der Waals surface area contributed by atoms with Gasteiger partial charge in [0.15, 0.2) is 5.17 Å². The Balaban J connectivity index is 1.75. The normalized spacial score (nSPS) is 18.3. The Morgan fingerprint density at radius 2 is 2.13 bits per heavy atom. The van der Waals surface area contributed by atoms with E-state index in [-0.39, 0.29) is 5.91 Å². The van der Waals surface area contributed by atoms with Gasteiger partial charge in [-0.25, -0.2) is 4.99 Å². The fourth-order valence-corrected chi connectivity index (χ4v) is 3.03. The van der Waals surface area contributed by atoms with Crippen molar-refractivity contribution in [3.05, 3.63) is 69.5 Å². The molecule has 7 heteroatoms. The molecule has 1 aromatic carbocycles. The van der Waals surface area contributed by atoms with Gasteiger partial charge in [-0.2, -0.15) is 0 Å². The van der Waals surface area contributed by atoms with Crippen molar-refractivity contribution in [1.82, 2.24) is 5.32 Å². The van der Waals surface area contributed by atoms with E-state index in [9.17, 15) is 4.79 Å². The Bertz CT molecular complexity index is 827. The van der Waals surface area contributed by atoms with E-state index >= 15 is 0 Å². The van der Waals surface area contributed by atoms with E-state index in [2.05, 4.69) is 10.3 Å². The van der Waals surface area contributed by atoms with Crippen molar-refractivity contribution in [2.75, 3.05) is 0 Å². The van der Waals surface area contributed by atoms with Gasteiger partial charge in [0.25, 0.3) is 5.91 Å². The monoisotopic (exact) mass is 364 g/mol. The summed E-state index contributed by atoms with van der Waals surface area (Å²) in [4.78, 5) is 16.8. The molecule has 23 heavy (non-hydrogen) atoms. The van der Waals surface area contributed by atoms with Crippen LogP contribution in [0, 0.1) is 0 Å². The van der Waals surface area contributed by atoms with Gasteiger partial charge in [0, 0.05) is 5.02 Å². The molecule has 3 rings (SSSR count). The van der Waals surface area contributed by atoms with Crippen LogP contribution in [0.3, 0.4) is 0 Å². The van der Waals surface area contributed by atoms with Crippen LogP contribution in [0.5, 0.6) is 0 Å². The maximum atomic E-state index is 11.9. The highest BCUT2D eigenvalue weighted by molar-refractivity contribution is 8.18. The summed E-state index contributed by atoms with van der Waals surface area (Å²) >= 11 is 13.2. The summed E-state index contributed by atoms with van der Waals surface area (Å²) in [5, 5.41) is 4.12. The number of carbonyl (C=O) groups is 1. The van der Waals surface area contributed by atoms with E-state index in [1.807, 2.05) is 6.07 Å². The Labute approximate surface area is 146 Å². The highest BCUT2D eigenvalue weighted by atomic mass is 35.5. The van der Waals surface area contributed by atoms with Crippen LogP contribution in [-0.2, 0) is 4.79 Å². The molecule has 0 bridgehead atoms. The first-order chi connectivity index (χ1) is 11.1. The number of aliphatic imine (C=N–C) groups is 1. The summed E-state index contributed by atoms with van der Waals surface area (Å²) in [5.74, 6) is 0.509. The molecule has 4 nitrogen and oxygen atoms in total. The minimum Gasteiger partial charge on any atom is -0.465 e. The van der Waals surface area contributed by atoms with Crippen LogP contribution in [0.2, 0.25) is 10.0 Å². The van der Waals surface area contributed by atoms with E-state index in [1.54, 1.807) is 48.8 Å². The van der Waals surface area contributed by atoms with Gasteiger partial charge in [-0.15, -0.1) is 0 Å². The van der Waals surface area contributed by atoms with E-state index in [4.69, 9.17) is 27.6 Å². The highest BCUT2D eigenvalue weighted by Crippen LogP contribution is 2.31. The zero-order chi connectivity index (χ0) is 16.2. The van der Waals surface area contributed by atoms with Gasteiger partial charge in [0.1, 0.15) is 5.76 Å². The smallest absolute Gasteiger partial charge is 0.264 e. The fourth-order valence-electron chi connectivity index (χ4n) is 1.79. The number of halogens is 2. The summed E-state index contributed by atoms with van der Waals surface area (Å²) in [6.45, 7) is 0. The molecule has 1 amide bonds. The van der Waals surface area contributed by atoms with Gasteiger partial charge < -0.3 is 9.73 Å². The number of carbonyl (C=O) groups excluding carboxylic acids is 1. The van der Waals surface area contributed by atoms with Crippen LogP contribution in [0.25, 0.3) is 6.08 Å². The van der Waals surface area contributed by atoms with E-state index in [1.165, 1.54) is 11.8 Å². The lowest BCUT2D eigenvalue weighted by atomic mass is 10.3. The topological polar surface area (TPSA) is 54.6 Å². The SMILES string of the molecule is O=C1NC(=Nc2ccc(Cl)cc2Cl)S/C1=C/C=C/c1ccco1. The number of benzene rings is 1. The molecule has 0 spiro atoms. The Morgan fingerprint density at radius 1 is 1.26 bits per heavy atom. The quantitative estimate of drug-likeness (QED) is 0.776. The van der Waals surface area contributed by atoms with Gasteiger partial charge in [0.2, 0.25) is 0 Å². The average Bonchev–Trinajstić information content (AvgIpc) is 3.13. The third kappa shape index (κ3) is 4.07. The summed E-state index contributed by atoms with van der Waals surface area (Å²) < 4.78 is 5.18. The lowest BCUT2D eigenvalue weighted by Crippen LogP contribution is -2.19. The number of amidine groups is 1. The summed E-state index contributed by atoms with van der Waals surface area (Å²) in [7, 11) is 0. The third-order valence-corrected chi connectivity index (χ3v) is 4.30. The van der Waals surface area contributed by atoms with Gasteiger partial charge in [-0.1, -0.05) is 29.3 Å². The van der Waals surface area contributed by atoms with Crippen molar-refractivity contribution in [3.8, 4) is 0 Å². The van der Waals surface area contributed by atoms with Gasteiger partial charge in [-0.3, -0.25) is 4.79 Å². The molecule has 1 fully saturated rings. The first-order valence-corrected chi connectivity index (χ1v) is 8.14. The number of hydrogen-bond acceptors (Lipinski definition) is 4. The molecule has 0 saturated carbocycles. The molecular weight excluding hydrogens is 355 g/mol. The molecule has 0 atom stereocenters. The predicted molar refractivity (Wildman–Crippen MR) is 95.1 cm³/mol. The zero-order valence-corrected chi connectivity index (χ0v) is 14.0. The molecule has 116 valence electrons. The number of rotatable bonds is 3. The molecule has 1 aliphatic rings. The summed E-state index contributed by atoms with van der Waals surface area (Å²) in [6.07, 6.45) is 6.81. The second kappa shape index (κ2) is 7.08. The number of furan rings is 1. The minimum absolute atomic E-state index is 0.206. The van der Waals surface area contributed by atoms with Crippen LogP contribution in [0.15, 0.2) is 63.1 Å². The van der Waals surface area contributed by atoms with Gasteiger partial charge in [0.05, 0.1) is 21.9 Å². The van der Waals surface area contributed by atoms with Crippen molar-refractivity contribution in [1.29, 1.82) is 0 Å². The minimum atomic E-state index is -0.206. The molecule has 0 aliphatic carbocycles. The average molecular weight is 365 g/mol. The molecule has 2 heterocycles. The number of allylic oxidation sites excluding steroid dienone is 2. The number of hydrogen-bond donors (Lipinski definition) is 1. The largest absolute Gasteiger partial charge is 0.465 e. The Hall–Kier alpha value is -1.95. The maximum Gasteiger partial charge on any atom is 0.264 e. The van der Waals surface area contributed by atoms with E-state index < -0.39 is 0 Å². The van der Waals surface area contributed by atoms with Gasteiger partial charge in [-0.05, 0) is 54.2 Å². The second-order valence-corrected chi connectivity index (χ2v) is 6.35. The van der Waals surface area contributed by atoms with Crippen molar-refractivity contribution < 1.29 is 9.21 Å². The molecule has 1 saturated heterocycles. The standard InChI is InChI=1S/C16H10Cl2N2O2S/c17-10-6-7-13(12(18)9-10)19-16-20-15(21)14(23-16)5-1-3-11-4-2-8-22-11/h1-9H,(H,19,20,21)/b3-1+,14-5+.